The molecule has 0 aromatic carbocycles. The fourth-order valence-corrected chi connectivity index (χ4v) is 0.695. The van der Waals surface area contributed by atoms with E-state index in [0.717, 1.165) is 19.8 Å². The number of nitrogens with one attached hydrogen (secondary N) is 2. The van der Waals surface area contributed by atoms with E-state index >= 15 is 0 Å². The van der Waals surface area contributed by atoms with Gasteiger partial charge in [0, 0.05) is 44.5 Å². The summed E-state index contributed by atoms with van der Waals surface area (Å²) in [5.41, 5.74) is 0. The third-order valence-electron chi connectivity index (χ3n) is 1.21. The fraction of sp³-hybridized carbons (Fsp3) is 0.429. The Balaban J connectivity index is 0.000000112. The van der Waals surface area contributed by atoms with E-state index in [1.165, 1.54) is 0 Å². The molecule has 4 nitrogen and oxygen atoms in total. The van der Waals surface area contributed by atoms with Crippen LogP contribution in [0.15, 0.2) is 24.8 Å². The lowest BCUT2D eigenvalue weighted by Crippen LogP contribution is -2.11. The number of nitrogens with zero attached hydrogens (tertiary/aromatic N) is 2. The van der Waals surface area contributed by atoms with Crippen LogP contribution in [0.25, 0.3) is 0 Å². The number of hydrogen-bond donors (Lipinski definition) is 2. The summed E-state index contributed by atoms with van der Waals surface area (Å²) in [6.45, 7) is 3.28. The van der Waals surface area contributed by atoms with Gasteiger partial charge in [0.15, 0.2) is 0 Å². The van der Waals surface area contributed by atoms with Gasteiger partial charge in [0.05, 0.1) is 0 Å². The van der Waals surface area contributed by atoms with Crippen LogP contribution in [-0.4, -0.2) is 29.7 Å². The van der Waals surface area contributed by atoms with Crippen molar-refractivity contribution in [2.24, 2.45) is 0 Å². The van der Waals surface area contributed by atoms with E-state index < -0.39 is 0 Å². The molecule has 2 rings (SSSR count). The van der Waals surface area contributed by atoms with Gasteiger partial charge in [-0.2, -0.15) is 0 Å². The molecule has 0 saturated carbocycles. The van der Waals surface area contributed by atoms with Gasteiger partial charge in [-0.25, -0.2) is 0 Å². The van der Waals surface area contributed by atoms with Crippen molar-refractivity contribution in [1.82, 2.24) is 20.6 Å². The maximum absolute atomic E-state index is 3.72. The van der Waals surface area contributed by atoms with E-state index in [2.05, 4.69) is 20.6 Å². The number of hydrogen-bond acceptors (Lipinski definition) is 4. The van der Waals surface area contributed by atoms with Gasteiger partial charge in [-0.05, 0) is 0 Å². The Bertz CT molecular complexity index is 127. The van der Waals surface area contributed by atoms with E-state index in [1.54, 1.807) is 24.8 Å². The Morgan fingerprint density at radius 3 is 1.45 bits per heavy atom. The summed E-state index contributed by atoms with van der Waals surface area (Å²) in [6, 6.07) is 0. The first-order valence-electron chi connectivity index (χ1n) is 3.61. The SMILES string of the molecule is C1CNCN1.c1cnccn1. The average Bonchev–Trinajstić information content (AvgIpc) is 2.64. The second kappa shape index (κ2) is 5.76. The highest BCUT2D eigenvalue weighted by Gasteiger charge is 1.90. The van der Waals surface area contributed by atoms with E-state index in [-0.39, 0.29) is 0 Å². The van der Waals surface area contributed by atoms with Crippen LogP contribution in [0, 0.1) is 0 Å². The molecule has 1 aromatic rings. The highest BCUT2D eigenvalue weighted by Crippen LogP contribution is 1.65. The lowest BCUT2D eigenvalue weighted by Gasteiger charge is -1.77. The molecular weight excluding hydrogens is 140 g/mol. The van der Waals surface area contributed by atoms with Crippen molar-refractivity contribution in [1.29, 1.82) is 0 Å². The van der Waals surface area contributed by atoms with E-state index in [9.17, 15) is 0 Å². The number of rotatable bonds is 0. The summed E-state index contributed by atoms with van der Waals surface area (Å²) >= 11 is 0. The zero-order chi connectivity index (χ0) is 7.78. The standard InChI is InChI=1S/C4H4N2.C3H8N2/c1-2-6-4-3-5-1;1-2-5-3-4-1/h1-4H;4-5H,1-3H2. The van der Waals surface area contributed by atoms with Gasteiger partial charge in [-0.1, -0.05) is 0 Å². The van der Waals surface area contributed by atoms with Crippen LogP contribution in [0.5, 0.6) is 0 Å². The van der Waals surface area contributed by atoms with Crippen LogP contribution in [0.2, 0.25) is 0 Å². The van der Waals surface area contributed by atoms with Gasteiger partial charge in [0.25, 0.3) is 0 Å². The van der Waals surface area contributed by atoms with Crippen LogP contribution in [0.4, 0.5) is 0 Å². The van der Waals surface area contributed by atoms with Crippen molar-refractivity contribution in [2.75, 3.05) is 19.8 Å². The minimum Gasteiger partial charge on any atom is -0.303 e. The molecule has 1 aliphatic heterocycles. The zero-order valence-electron chi connectivity index (χ0n) is 6.33. The molecule has 1 saturated heterocycles. The largest absolute Gasteiger partial charge is 0.303 e. The average molecular weight is 152 g/mol. The normalized spacial score (nSPS) is 15.3. The predicted molar refractivity (Wildman–Crippen MR) is 42.9 cm³/mol. The molecule has 0 spiro atoms. The molecular formula is C7H12N4. The van der Waals surface area contributed by atoms with Crippen molar-refractivity contribution in [3.8, 4) is 0 Å². The quantitative estimate of drug-likeness (QED) is 0.531. The molecule has 1 aromatic heterocycles. The monoisotopic (exact) mass is 152 g/mol. The van der Waals surface area contributed by atoms with Gasteiger partial charge in [-0.15, -0.1) is 0 Å². The summed E-state index contributed by atoms with van der Waals surface area (Å²) in [4.78, 5) is 7.44. The second-order valence-electron chi connectivity index (χ2n) is 2.07. The highest BCUT2D eigenvalue weighted by atomic mass is 15.1. The fourth-order valence-electron chi connectivity index (χ4n) is 0.695. The molecule has 60 valence electrons. The van der Waals surface area contributed by atoms with Crippen molar-refractivity contribution < 1.29 is 0 Å². The summed E-state index contributed by atoms with van der Waals surface area (Å²) < 4.78 is 0. The van der Waals surface area contributed by atoms with Crippen LogP contribution < -0.4 is 10.6 Å². The molecule has 0 bridgehead atoms. The lowest BCUT2D eigenvalue weighted by molar-refractivity contribution is 0.807. The van der Waals surface area contributed by atoms with Crippen molar-refractivity contribution in [3.63, 3.8) is 0 Å². The van der Waals surface area contributed by atoms with Crippen LogP contribution >= 0.6 is 0 Å². The Hall–Kier alpha value is -1.00. The van der Waals surface area contributed by atoms with Gasteiger partial charge in [0.1, 0.15) is 0 Å². The number of aromatic nitrogens is 2. The third kappa shape index (κ3) is 4.41. The Kier molecular flexibility index (Phi) is 4.24. The first kappa shape index (κ1) is 8.10. The van der Waals surface area contributed by atoms with E-state index in [1.807, 2.05) is 0 Å². The van der Waals surface area contributed by atoms with Gasteiger partial charge >= 0.3 is 0 Å². The maximum atomic E-state index is 3.72. The summed E-state index contributed by atoms with van der Waals surface area (Å²) in [6.07, 6.45) is 6.56. The minimum atomic E-state index is 1.00. The topological polar surface area (TPSA) is 49.8 Å². The molecule has 0 aliphatic carbocycles. The summed E-state index contributed by atoms with van der Waals surface area (Å²) in [5.74, 6) is 0. The van der Waals surface area contributed by atoms with E-state index in [4.69, 9.17) is 0 Å². The molecule has 0 atom stereocenters. The Labute approximate surface area is 66.1 Å². The van der Waals surface area contributed by atoms with Gasteiger partial charge in [-0.3, -0.25) is 9.97 Å². The van der Waals surface area contributed by atoms with Crippen molar-refractivity contribution in [3.05, 3.63) is 24.8 Å². The maximum Gasteiger partial charge on any atom is 0.0455 e. The zero-order valence-corrected chi connectivity index (χ0v) is 6.33. The van der Waals surface area contributed by atoms with E-state index in [0.29, 0.717) is 0 Å². The first-order chi connectivity index (χ1) is 5.50. The molecule has 4 heteroatoms. The minimum absolute atomic E-state index is 1.00. The molecule has 2 heterocycles. The molecule has 0 radical (unpaired) electrons. The second-order valence-corrected chi connectivity index (χ2v) is 2.07. The van der Waals surface area contributed by atoms with Gasteiger partial charge in [0.2, 0.25) is 0 Å². The molecule has 0 unspecified atom stereocenters. The summed E-state index contributed by atoms with van der Waals surface area (Å²) in [5, 5.41) is 6.22. The van der Waals surface area contributed by atoms with Crippen LogP contribution in [0.1, 0.15) is 0 Å². The smallest absolute Gasteiger partial charge is 0.0455 e. The molecule has 2 N–H and O–H groups in total. The van der Waals surface area contributed by atoms with Crippen LogP contribution in [-0.2, 0) is 0 Å². The first-order valence-corrected chi connectivity index (χ1v) is 3.61. The predicted octanol–water partition coefficient (Wildman–Crippen LogP) is -0.387. The van der Waals surface area contributed by atoms with Crippen LogP contribution in [0.3, 0.4) is 0 Å². The van der Waals surface area contributed by atoms with Crippen molar-refractivity contribution in [2.45, 2.75) is 0 Å². The molecule has 0 amide bonds. The third-order valence-corrected chi connectivity index (χ3v) is 1.21. The molecule has 1 aliphatic rings. The Morgan fingerprint density at radius 2 is 1.27 bits per heavy atom. The summed E-state index contributed by atoms with van der Waals surface area (Å²) in [7, 11) is 0. The molecule has 11 heavy (non-hydrogen) atoms. The molecule has 1 fully saturated rings. The Morgan fingerprint density at radius 1 is 0.818 bits per heavy atom. The lowest BCUT2D eigenvalue weighted by atomic mass is 10.7. The van der Waals surface area contributed by atoms with Gasteiger partial charge < -0.3 is 10.6 Å². The highest BCUT2D eigenvalue weighted by molar-refractivity contribution is 4.70. The van der Waals surface area contributed by atoms with Crippen molar-refractivity contribution >= 4 is 0 Å².